The highest BCUT2D eigenvalue weighted by Crippen LogP contribution is 2.11. The summed E-state index contributed by atoms with van der Waals surface area (Å²) in [6.45, 7) is 0. The van der Waals surface area contributed by atoms with Crippen molar-refractivity contribution in [3.63, 3.8) is 0 Å². The van der Waals surface area contributed by atoms with Gasteiger partial charge >= 0.3 is 0 Å². The molecule has 0 radical (unpaired) electrons. The van der Waals surface area contributed by atoms with Crippen molar-refractivity contribution in [1.29, 1.82) is 5.26 Å². The Hall–Kier alpha value is -2.47. The van der Waals surface area contributed by atoms with E-state index in [0.717, 1.165) is 6.20 Å². The van der Waals surface area contributed by atoms with Gasteiger partial charge in [-0.15, -0.1) is 0 Å². The second-order valence-electron chi connectivity index (χ2n) is 2.93. The molecule has 2 aromatic rings. The van der Waals surface area contributed by atoms with Crippen LogP contribution in [0.3, 0.4) is 0 Å². The molecule has 0 saturated carbocycles. The topological polar surface area (TPSA) is 124 Å². The molecule has 0 atom stereocenters. The van der Waals surface area contributed by atoms with Crippen LogP contribution in [-0.4, -0.2) is 28.6 Å². The third-order valence-electron chi connectivity index (χ3n) is 1.81. The van der Waals surface area contributed by atoms with Crippen molar-refractivity contribution in [2.45, 2.75) is 4.90 Å². The van der Waals surface area contributed by atoms with Crippen molar-refractivity contribution in [2.75, 3.05) is 4.72 Å². The van der Waals surface area contributed by atoms with Gasteiger partial charge in [-0.2, -0.15) is 15.3 Å². The molecule has 2 rings (SSSR count). The molecule has 0 fully saturated rings. The maximum absolute atomic E-state index is 11.8. The van der Waals surface area contributed by atoms with Gasteiger partial charge in [-0.25, -0.2) is 23.2 Å². The summed E-state index contributed by atoms with van der Waals surface area (Å²) in [5.74, 6) is 0.00867. The maximum atomic E-state index is 11.8. The molecule has 8 nitrogen and oxygen atoms in total. The molecule has 0 aliphatic rings. The zero-order valence-electron chi connectivity index (χ0n) is 8.32. The fraction of sp³-hybridized carbons (Fsp3) is 0. The lowest BCUT2D eigenvalue weighted by molar-refractivity contribution is 0.600. The van der Waals surface area contributed by atoms with E-state index in [4.69, 9.17) is 5.26 Å². The Balaban J connectivity index is 2.29. The molecule has 2 aromatic heterocycles. The van der Waals surface area contributed by atoms with E-state index in [0.29, 0.717) is 0 Å². The van der Waals surface area contributed by atoms with Crippen LogP contribution >= 0.6 is 0 Å². The van der Waals surface area contributed by atoms with E-state index in [2.05, 4.69) is 24.9 Å². The van der Waals surface area contributed by atoms with Crippen molar-refractivity contribution in [3.8, 4) is 6.07 Å². The number of nitriles is 1. The second kappa shape index (κ2) is 4.18. The van der Waals surface area contributed by atoms with Gasteiger partial charge in [0.25, 0.3) is 10.0 Å². The van der Waals surface area contributed by atoms with E-state index in [1.165, 1.54) is 18.5 Å². The average molecular weight is 250 g/mol. The van der Waals surface area contributed by atoms with Gasteiger partial charge in [0.1, 0.15) is 23.0 Å². The lowest BCUT2D eigenvalue weighted by atomic mass is 10.4. The zero-order chi connectivity index (χ0) is 12.3. The normalized spacial score (nSPS) is 10.8. The SMILES string of the molecule is N#Cc1ccc(S(=O)(=O)Nc2ncn[nH]2)cn1. The molecule has 17 heavy (non-hydrogen) atoms. The number of hydrogen-bond acceptors (Lipinski definition) is 6. The molecule has 0 aromatic carbocycles. The highest BCUT2D eigenvalue weighted by molar-refractivity contribution is 7.92. The summed E-state index contributed by atoms with van der Waals surface area (Å²) in [6, 6.07) is 4.39. The van der Waals surface area contributed by atoms with Crippen molar-refractivity contribution in [2.24, 2.45) is 0 Å². The van der Waals surface area contributed by atoms with E-state index < -0.39 is 10.0 Å². The third-order valence-corrected chi connectivity index (χ3v) is 3.13. The van der Waals surface area contributed by atoms with Crippen molar-refractivity contribution >= 4 is 16.0 Å². The average Bonchev–Trinajstić information content (AvgIpc) is 2.81. The van der Waals surface area contributed by atoms with Gasteiger partial charge in [0.05, 0.1) is 0 Å². The summed E-state index contributed by atoms with van der Waals surface area (Å²) in [7, 11) is -3.76. The molecule has 0 bridgehead atoms. The summed E-state index contributed by atoms with van der Waals surface area (Å²) >= 11 is 0. The van der Waals surface area contributed by atoms with Crippen molar-refractivity contribution in [1.82, 2.24) is 20.2 Å². The van der Waals surface area contributed by atoms with Crippen LogP contribution in [-0.2, 0) is 10.0 Å². The van der Waals surface area contributed by atoms with Gasteiger partial charge in [-0.05, 0) is 12.1 Å². The number of aromatic nitrogens is 4. The lowest BCUT2D eigenvalue weighted by Crippen LogP contribution is -2.14. The van der Waals surface area contributed by atoms with Crippen molar-refractivity contribution < 1.29 is 8.42 Å². The summed E-state index contributed by atoms with van der Waals surface area (Å²) < 4.78 is 25.7. The summed E-state index contributed by atoms with van der Waals surface area (Å²) in [5, 5.41) is 14.4. The Labute approximate surface area is 96.4 Å². The van der Waals surface area contributed by atoms with E-state index >= 15 is 0 Å². The Kier molecular flexibility index (Phi) is 2.71. The Morgan fingerprint density at radius 2 is 2.18 bits per heavy atom. The number of rotatable bonds is 3. The number of H-pyrrole nitrogens is 1. The number of sulfonamides is 1. The number of hydrogen-bond donors (Lipinski definition) is 2. The number of nitrogens with one attached hydrogen (secondary N) is 2. The summed E-state index contributed by atoms with van der Waals surface area (Å²) in [6.07, 6.45) is 2.27. The second-order valence-corrected chi connectivity index (χ2v) is 4.61. The van der Waals surface area contributed by atoms with Crippen LogP contribution in [0.5, 0.6) is 0 Å². The lowest BCUT2D eigenvalue weighted by Gasteiger charge is -2.03. The Bertz CT molecular complexity index is 640. The first-order valence-electron chi connectivity index (χ1n) is 4.36. The van der Waals surface area contributed by atoms with Crippen LogP contribution in [0.4, 0.5) is 5.95 Å². The van der Waals surface area contributed by atoms with Crippen LogP contribution in [0.25, 0.3) is 0 Å². The fourth-order valence-corrected chi connectivity index (χ4v) is 1.96. The minimum Gasteiger partial charge on any atom is -0.248 e. The Morgan fingerprint density at radius 1 is 1.35 bits per heavy atom. The standard InChI is InChI=1S/C8H6N6O2S/c9-3-6-1-2-7(4-10-6)17(15,16)14-8-11-5-12-13-8/h1-2,4-5H,(H2,11,12,13,14). The van der Waals surface area contributed by atoms with Crippen LogP contribution in [0, 0.1) is 11.3 Å². The van der Waals surface area contributed by atoms with Gasteiger partial charge in [0.15, 0.2) is 0 Å². The fourth-order valence-electron chi connectivity index (χ4n) is 1.05. The van der Waals surface area contributed by atoms with Gasteiger partial charge in [0.2, 0.25) is 5.95 Å². The van der Waals surface area contributed by atoms with E-state index in [9.17, 15) is 8.42 Å². The van der Waals surface area contributed by atoms with Gasteiger partial charge in [-0.1, -0.05) is 0 Å². The molecule has 2 N–H and O–H groups in total. The summed E-state index contributed by atoms with van der Waals surface area (Å²) in [5.41, 5.74) is 0.142. The molecular weight excluding hydrogens is 244 g/mol. The van der Waals surface area contributed by atoms with Gasteiger partial charge < -0.3 is 0 Å². The largest absolute Gasteiger partial charge is 0.265 e. The molecule has 9 heteroatoms. The highest BCUT2D eigenvalue weighted by Gasteiger charge is 2.15. The minimum absolute atomic E-state index is 0.00867. The van der Waals surface area contributed by atoms with E-state index in [-0.39, 0.29) is 16.5 Å². The molecule has 2 heterocycles. The molecule has 0 aliphatic carbocycles. The van der Waals surface area contributed by atoms with Crippen molar-refractivity contribution in [3.05, 3.63) is 30.4 Å². The van der Waals surface area contributed by atoms with Crippen LogP contribution in [0.15, 0.2) is 29.6 Å². The quantitative estimate of drug-likeness (QED) is 0.781. The summed E-state index contributed by atoms with van der Waals surface area (Å²) in [4.78, 5) is 7.24. The van der Waals surface area contributed by atoms with Gasteiger partial charge in [-0.3, -0.25) is 0 Å². The van der Waals surface area contributed by atoms with E-state index in [1.54, 1.807) is 6.07 Å². The first-order valence-corrected chi connectivity index (χ1v) is 5.84. The first kappa shape index (κ1) is 11.0. The molecule has 0 saturated heterocycles. The molecular formula is C8H6N6O2S. The molecule has 0 amide bonds. The predicted molar refractivity (Wildman–Crippen MR) is 56.1 cm³/mol. The first-order chi connectivity index (χ1) is 8.12. The molecule has 0 spiro atoms. The molecule has 86 valence electrons. The van der Waals surface area contributed by atoms with Crippen LogP contribution < -0.4 is 4.72 Å². The monoisotopic (exact) mass is 250 g/mol. The molecule has 0 aliphatic heterocycles. The maximum Gasteiger partial charge on any atom is 0.265 e. The predicted octanol–water partition coefficient (Wildman–Crippen LogP) is -0.128. The Morgan fingerprint density at radius 3 is 2.71 bits per heavy atom. The number of pyridine rings is 1. The minimum atomic E-state index is -3.76. The van der Waals surface area contributed by atoms with Crippen LogP contribution in [0.2, 0.25) is 0 Å². The number of anilines is 1. The zero-order valence-corrected chi connectivity index (χ0v) is 9.14. The smallest absolute Gasteiger partial charge is 0.248 e. The van der Waals surface area contributed by atoms with Gasteiger partial charge in [0, 0.05) is 6.20 Å². The highest BCUT2D eigenvalue weighted by atomic mass is 32.2. The number of aromatic amines is 1. The van der Waals surface area contributed by atoms with Crippen LogP contribution in [0.1, 0.15) is 5.69 Å². The number of nitrogens with zero attached hydrogens (tertiary/aromatic N) is 4. The van der Waals surface area contributed by atoms with E-state index in [1.807, 2.05) is 0 Å². The third kappa shape index (κ3) is 2.37. The molecule has 0 unspecified atom stereocenters.